The van der Waals surface area contributed by atoms with Crippen LogP contribution in [0.4, 0.5) is 0 Å². The Labute approximate surface area is 92.8 Å². The van der Waals surface area contributed by atoms with Gasteiger partial charge in [-0.25, -0.2) is 0 Å². The van der Waals surface area contributed by atoms with E-state index in [4.69, 9.17) is 0 Å². The number of hydrogen-bond donors (Lipinski definition) is 2. The molecule has 2 N–H and O–H groups in total. The van der Waals surface area contributed by atoms with E-state index in [2.05, 4.69) is 10.2 Å². The topological polar surface area (TPSA) is 35.5 Å². The molecule has 0 aliphatic carbocycles. The van der Waals surface area contributed by atoms with E-state index in [1.165, 1.54) is 38.8 Å². The minimum absolute atomic E-state index is 0.581. The van der Waals surface area contributed by atoms with Gasteiger partial charge in [-0.3, -0.25) is 4.90 Å². The van der Waals surface area contributed by atoms with Crippen LogP contribution in [-0.2, 0) is 0 Å². The van der Waals surface area contributed by atoms with Crippen LogP contribution >= 0.6 is 0 Å². The Hall–Kier alpha value is -0.120. The second-order valence-electron chi connectivity index (χ2n) is 5.69. The first-order chi connectivity index (χ1) is 7.06. The van der Waals surface area contributed by atoms with Crippen molar-refractivity contribution in [2.24, 2.45) is 0 Å². The molecule has 0 saturated carbocycles. The molecule has 3 nitrogen and oxygen atoms in total. The van der Waals surface area contributed by atoms with Crippen LogP contribution < -0.4 is 5.32 Å². The molecule has 2 rings (SSSR count). The highest BCUT2D eigenvalue weighted by Crippen LogP contribution is 2.27. The van der Waals surface area contributed by atoms with E-state index in [0.29, 0.717) is 12.6 Å². The minimum atomic E-state index is -0.581. The van der Waals surface area contributed by atoms with E-state index in [-0.39, 0.29) is 0 Å². The summed E-state index contributed by atoms with van der Waals surface area (Å²) in [6.45, 7) is 6.97. The van der Waals surface area contributed by atoms with E-state index in [1.54, 1.807) is 0 Å². The van der Waals surface area contributed by atoms with E-state index >= 15 is 0 Å². The SMILES string of the molecule is CC(C)(O)CNC1CCN2CCCCC12. The van der Waals surface area contributed by atoms with Gasteiger partial charge in [0.2, 0.25) is 0 Å². The van der Waals surface area contributed by atoms with Gasteiger partial charge in [0, 0.05) is 25.2 Å². The van der Waals surface area contributed by atoms with E-state index in [1.807, 2.05) is 13.8 Å². The second kappa shape index (κ2) is 4.40. The Morgan fingerprint density at radius 1 is 1.27 bits per heavy atom. The van der Waals surface area contributed by atoms with Gasteiger partial charge in [-0.15, -0.1) is 0 Å². The van der Waals surface area contributed by atoms with Gasteiger partial charge in [-0.1, -0.05) is 6.42 Å². The fraction of sp³-hybridized carbons (Fsp3) is 1.00. The maximum atomic E-state index is 9.70. The van der Waals surface area contributed by atoms with Crippen LogP contribution in [0, 0.1) is 0 Å². The molecule has 15 heavy (non-hydrogen) atoms. The molecule has 0 aromatic rings. The summed E-state index contributed by atoms with van der Waals surface area (Å²) in [5.74, 6) is 0. The maximum absolute atomic E-state index is 9.70. The minimum Gasteiger partial charge on any atom is -0.389 e. The quantitative estimate of drug-likeness (QED) is 0.732. The maximum Gasteiger partial charge on any atom is 0.0715 e. The van der Waals surface area contributed by atoms with Crippen LogP contribution in [0.15, 0.2) is 0 Å². The molecule has 2 heterocycles. The third kappa shape index (κ3) is 2.92. The Morgan fingerprint density at radius 2 is 2.07 bits per heavy atom. The van der Waals surface area contributed by atoms with Crippen molar-refractivity contribution in [1.82, 2.24) is 10.2 Å². The zero-order valence-corrected chi connectivity index (χ0v) is 10.00. The fourth-order valence-electron chi connectivity index (χ4n) is 2.87. The van der Waals surface area contributed by atoms with E-state index < -0.39 is 5.60 Å². The Morgan fingerprint density at radius 3 is 2.80 bits per heavy atom. The fourth-order valence-corrected chi connectivity index (χ4v) is 2.87. The Balaban J connectivity index is 1.83. The summed E-state index contributed by atoms with van der Waals surface area (Å²) in [7, 11) is 0. The summed E-state index contributed by atoms with van der Waals surface area (Å²) in [6, 6.07) is 1.35. The zero-order valence-electron chi connectivity index (χ0n) is 10.00. The lowest BCUT2D eigenvalue weighted by atomic mass is 9.98. The molecule has 2 aliphatic rings. The summed E-state index contributed by atoms with van der Waals surface area (Å²) in [4.78, 5) is 2.62. The van der Waals surface area contributed by atoms with Crippen LogP contribution in [0.1, 0.15) is 39.5 Å². The largest absolute Gasteiger partial charge is 0.389 e. The lowest BCUT2D eigenvalue weighted by Crippen LogP contribution is -2.48. The van der Waals surface area contributed by atoms with Crippen LogP contribution in [0.25, 0.3) is 0 Å². The zero-order chi connectivity index (χ0) is 10.9. The van der Waals surface area contributed by atoms with Gasteiger partial charge in [0.1, 0.15) is 0 Å². The highest BCUT2D eigenvalue weighted by Gasteiger charge is 2.35. The molecule has 2 aliphatic heterocycles. The van der Waals surface area contributed by atoms with Crippen molar-refractivity contribution < 1.29 is 5.11 Å². The molecule has 0 aromatic carbocycles. The lowest BCUT2D eigenvalue weighted by Gasteiger charge is -2.33. The highest BCUT2D eigenvalue weighted by atomic mass is 16.3. The van der Waals surface area contributed by atoms with Gasteiger partial charge in [-0.2, -0.15) is 0 Å². The van der Waals surface area contributed by atoms with Crippen molar-refractivity contribution in [1.29, 1.82) is 0 Å². The summed E-state index contributed by atoms with van der Waals surface area (Å²) in [5.41, 5.74) is -0.581. The van der Waals surface area contributed by atoms with Gasteiger partial charge in [0.25, 0.3) is 0 Å². The van der Waals surface area contributed by atoms with Gasteiger partial charge >= 0.3 is 0 Å². The summed E-state index contributed by atoms with van der Waals surface area (Å²) in [6.07, 6.45) is 5.33. The molecule has 2 atom stereocenters. The molecule has 2 unspecified atom stereocenters. The van der Waals surface area contributed by atoms with E-state index in [0.717, 1.165) is 6.04 Å². The van der Waals surface area contributed by atoms with Crippen LogP contribution in [0.3, 0.4) is 0 Å². The molecule has 2 fully saturated rings. The highest BCUT2D eigenvalue weighted by molar-refractivity contribution is 4.94. The number of aliphatic hydroxyl groups is 1. The van der Waals surface area contributed by atoms with E-state index in [9.17, 15) is 5.11 Å². The van der Waals surface area contributed by atoms with Gasteiger partial charge in [0.15, 0.2) is 0 Å². The molecule has 0 bridgehead atoms. The van der Waals surface area contributed by atoms with Gasteiger partial charge < -0.3 is 10.4 Å². The lowest BCUT2D eigenvalue weighted by molar-refractivity contribution is 0.0727. The number of rotatable bonds is 3. The van der Waals surface area contributed by atoms with Gasteiger partial charge in [-0.05, 0) is 39.7 Å². The number of hydrogen-bond acceptors (Lipinski definition) is 3. The second-order valence-corrected chi connectivity index (χ2v) is 5.69. The summed E-state index contributed by atoms with van der Waals surface area (Å²) < 4.78 is 0. The first-order valence-electron chi connectivity index (χ1n) is 6.26. The predicted molar refractivity (Wildman–Crippen MR) is 61.9 cm³/mol. The van der Waals surface area contributed by atoms with Crippen molar-refractivity contribution in [3.63, 3.8) is 0 Å². The smallest absolute Gasteiger partial charge is 0.0715 e. The summed E-state index contributed by atoms with van der Waals surface area (Å²) >= 11 is 0. The molecule has 88 valence electrons. The normalized spacial score (nSPS) is 33.0. The molecule has 2 saturated heterocycles. The monoisotopic (exact) mass is 212 g/mol. The van der Waals surface area contributed by atoms with Gasteiger partial charge in [0.05, 0.1) is 5.60 Å². The van der Waals surface area contributed by atoms with Crippen molar-refractivity contribution in [2.75, 3.05) is 19.6 Å². The average Bonchev–Trinajstić information content (AvgIpc) is 2.57. The van der Waals surface area contributed by atoms with Crippen LogP contribution in [0.5, 0.6) is 0 Å². The van der Waals surface area contributed by atoms with Crippen molar-refractivity contribution >= 4 is 0 Å². The molecular weight excluding hydrogens is 188 g/mol. The number of nitrogens with one attached hydrogen (secondary N) is 1. The Kier molecular flexibility index (Phi) is 3.33. The number of piperidine rings is 1. The van der Waals surface area contributed by atoms with Crippen molar-refractivity contribution in [3.05, 3.63) is 0 Å². The molecular formula is C12H24N2O. The van der Waals surface area contributed by atoms with Crippen molar-refractivity contribution in [3.8, 4) is 0 Å². The first-order valence-corrected chi connectivity index (χ1v) is 6.26. The Bertz CT molecular complexity index is 212. The molecule has 0 amide bonds. The number of fused-ring (bicyclic) bond motifs is 1. The first kappa shape index (κ1) is 11.4. The molecule has 0 radical (unpaired) electrons. The predicted octanol–water partition coefficient (Wildman–Crippen LogP) is 0.974. The summed E-state index contributed by atoms with van der Waals surface area (Å²) in [5, 5.41) is 13.2. The third-order valence-electron chi connectivity index (χ3n) is 3.65. The van der Waals surface area contributed by atoms with Crippen molar-refractivity contribution in [2.45, 2.75) is 57.2 Å². The van der Waals surface area contributed by atoms with Crippen LogP contribution in [-0.4, -0.2) is 47.3 Å². The molecule has 0 spiro atoms. The average molecular weight is 212 g/mol. The third-order valence-corrected chi connectivity index (χ3v) is 3.65. The number of nitrogens with zero attached hydrogens (tertiary/aromatic N) is 1. The van der Waals surface area contributed by atoms with Crippen LogP contribution in [0.2, 0.25) is 0 Å². The standard InChI is InChI=1S/C12H24N2O/c1-12(2,15)9-13-10-6-8-14-7-4-3-5-11(10)14/h10-11,13,15H,3-9H2,1-2H3. The molecule has 0 aromatic heterocycles. The molecule has 3 heteroatoms.